The summed E-state index contributed by atoms with van der Waals surface area (Å²) < 4.78 is 13.7. The van der Waals surface area contributed by atoms with E-state index in [1.165, 1.54) is 6.07 Å². The second-order valence-corrected chi connectivity index (χ2v) is 6.52. The fraction of sp³-hybridized carbons (Fsp3) is 0.462. The van der Waals surface area contributed by atoms with Crippen LogP contribution in [0.25, 0.3) is 0 Å². The van der Waals surface area contributed by atoms with Crippen LogP contribution in [0.15, 0.2) is 22.7 Å². The Morgan fingerprint density at radius 2 is 2.17 bits per heavy atom. The Balaban J connectivity index is 1.88. The molecule has 0 unspecified atom stereocenters. The molecule has 2 rings (SSSR count). The number of amides is 1. The highest BCUT2D eigenvalue weighted by molar-refractivity contribution is 9.10. The third-order valence-electron chi connectivity index (χ3n) is 3.02. The van der Waals surface area contributed by atoms with Crippen LogP contribution in [0.1, 0.15) is 19.3 Å². The maximum Gasteiger partial charge on any atom is 0.224 e. The number of rotatable bonds is 3. The lowest BCUT2D eigenvalue weighted by molar-refractivity contribution is -0.117. The standard InChI is InChI=1S/C13H15BrFNOS/c14-11-2-1-10(8-12(11)15)16-13(17)7-9-3-5-18-6-4-9/h1-2,8-9H,3-7H2,(H,16,17). The smallest absolute Gasteiger partial charge is 0.224 e. The van der Waals surface area contributed by atoms with Gasteiger partial charge in [-0.3, -0.25) is 4.79 Å². The number of benzene rings is 1. The fourth-order valence-electron chi connectivity index (χ4n) is 2.00. The Morgan fingerprint density at radius 3 is 2.83 bits per heavy atom. The van der Waals surface area contributed by atoms with Gasteiger partial charge in [0.2, 0.25) is 5.91 Å². The van der Waals surface area contributed by atoms with Gasteiger partial charge in [-0.25, -0.2) is 4.39 Å². The second-order valence-electron chi connectivity index (χ2n) is 4.44. The van der Waals surface area contributed by atoms with E-state index in [0.717, 1.165) is 24.3 Å². The molecule has 1 aliphatic rings. The van der Waals surface area contributed by atoms with Gasteiger partial charge in [-0.1, -0.05) is 0 Å². The summed E-state index contributed by atoms with van der Waals surface area (Å²) in [7, 11) is 0. The van der Waals surface area contributed by atoms with Crippen molar-refractivity contribution in [2.75, 3.05) is 16.8 Å². The van der Waals surface area contributed by atoms with Crippen molar-refractivity contribution >= 4 is 39.3 Å². The summed E-state index contributed by atoms with van der Waals surface area (Å²) in [5.41, 5.74) is 0.519. The first-order valence-corrected chi connectivity index (χ1v) is 7.92. The molecule has 1 aliphatic heterocycles. The molecule has 2 nitrogen and oxygen atoms in total. The van der Waals surface area contributed by atoms with Gasteiger partial charge in [-0.15, -0.1) is 0 Å². The lowest BCUT2D eigenvalue weighted by atomic mass is 9.98. The predicted molar refractivity (Wildman–Crippen MR) is 77.4 cm³/mol. The molecule has 0 aromatic heterocycles. The normalized spacial score (nSPS) is 16.6. The molecular formula is C13H15BrFNOS. The zero-order valence-electron chi connectivity index (χ0n) is 9.92. The van der Waals surface area contributed by atoms with Crippen LogP contribution in [0.5, 0.6) is 0 Å². The summed E-state index contributed by atoms with van der Waals surface area (Å²) in [6.45, 7) is 0. The third kappa shape index (κ3) is 3.99. The Hall–Kier alpha value is -0.550. The predicted octanol–water partition coefficient (Wildman–Crippen LogP) is 4.06. The summed E-state index contributed by atoms with van der Waals surface area (Å²) in [6, 6.07) is 4.63. The number of carbonyl (C=O) groups is 1. The van der Waals surface area contributed by atoms with Gasteiger partial charge < -0.3 is 5.32 Å². The van der Waals surface area contributed by atoms with E-state index in [1.807, 2.05) is 11.8 Å². The van der Waals surface area contributed by atoms with E-state index in [2.05, 4.69) is 21.2 Å². The Kier molecular flexibility index (Phi) is 5.06. The topological polar surface area (TPSA) is 29.1 Å². The van der Waals surface area contributed by atoms with Gasteiger partial charge in [0.05, 0.1) is 4.47 Å². The van der Waals surface area contributed by atoms with E-state index >= 15 is 0 Å². The van der Waals surface area contributed by atoms with E-state index < -0.39 is 0 Å². The van der Waals surface area contributed by atoms with Crippen LogP contribution in [0.3, 0.4) is 0 Å². The molecule has 18 heavy (non-hydrogen) atoms. The van der Waals surface area contributed by atoms with Crippen molar-refractivity contribution in [3.63, 3.8) is 0 Å². The molecule has 1 aromatic carbocycles. The quantitative estimate of drug-likeness (QED) is 0.904. The molecule has 0 saturated carbocycles. The minimum absolute atomic E-state index is 0.0198. The summed E-state index contributed by atoms with van der Waals surface area (Å²) in [4.78, 5) is 11.8. The number of nitrogens with one attached hydrogen (secondary N) is 1. The molecule has 0 atom stereocenters. The number of hydrogen-bond acceptors (Lipinski definition) is 2. The molecule has 98 valence electrons. The fourth-order valence-corrected chi connectivity index (χ4v) is 3.45. The van der Waals surface area contributed by atoms with Gasteiger partial charge in [-0.2, -0.15) is 11.8 Å². The van der Waals surface area contributed by atoms with Gasteiger partial charge in [0, 0.05) is 12.1 Å². The first-order valence-electron chi connectivity index (χ1n) is 5.98. The molecule has 1 fully saturated rings. The molecule has 1 amide bonds. The summed E-state index contributed by atoms with van der Waals surface area (Å²) in [5.74, 6) is 2.39. The SMILES string of the molecule is O=C(CC1CCSCC1)Nc1ccc(Br)c(F)c1. The van der Waals surface area contributed by atoms with Crippen molar-refractivity contribution in [1.29, 1.82) is 0 Å². The largest absolute Gasteiger partial charge is 0.326 e. The molecule has 0 aliphatic carbocycles. The Labute approximate surface area is 119 Å². The van der Waals surface area contributed by atoms with E-state index in [1.54, 1.807) is 12.1 Å². The number of hydrogen-bond donors (Lipinski definition) is 1. The highest BCUT2D eigenvalue weighted by Gasteiger charge is 2.17. The first-order chi connectivity index (χ1) is 8.65. The number of halogens is 2. The molecule has 1 aromatic rings. The zero-order chi connectivity index (χ0) is 13.0. The number of carbonyl (C=O) groups excluding carboxylic acids is 1. The molecule has 0 spiro atoms. The minimum Gasteiger partial charge on any atom is -0.326 e. The molecule has 5 heteroatoms. The van der Waals surface area contributed by atoms with Gasteiger partial charge in [0.15, 0.2) is 0 Å². The second kappa shape index (κ2) is 6.57. The van der Waals surface area contributed by atoms with Gasteiger partial charge in [0.1, 0.15) is 5.82 Å². The van der Waals surface area contributed by atoms with Crippen LogP contribution in [0.4, 0.5) is 10.1 Å². The summed E-state index contributed by atoms with van der Waals surface area (Å²) in [5, 5.41) is 2.75. The molecule has 0 radical (unpaired) electrons. The van der Waals surface area contributed by atoms with Crippen molar-refractivity contribution in [1.82, 2.24) is 0 Å². The minimum atomic E-state index is -0.359. The van der Waals surface area contributed by atoms with Crippen molar-refractivity contribution in [3.8, 4) is 0 Å². The molecule has 1 saturated heterocycles. The monoisotopic (exact) mass is 331 g/mol. The number of thioether (sulfide) groups is 1. The van der Waals surface area contributed by atoms with Crippen molar-refractivity contribution < 1.29 is 9.18 Å². The third-order valence-corrected chi connectivity index (χ3v) is 4.71. The van der Waals surface area contributed by atoms with Crippen molar-refractivity contribution in [3.05, 3.63) is 28.5 Å². The van der Waals surface area contributed by atoms with Crippen molar-refractivity contribution in [2.24, 2.45) is 5.92 Å². The maximum atomic E-state index is 13.3. The zero-order valence-corrected chi connectivity index (χ0v) is 12.3. The Bertz CT molecular complexity index is 435. The highest BCUT2D eigenvalue weighted by Crippen LogP contribution is 2.26. The van der Waals surface area contributed by atoms with Crippen LogP contribution < -0.4 is 5.32 Å². The van der Waals surface area contributed by atoms with Crippen LogP contribution in [-0.4, -0.2) is 17.4 Å². The average Bonchev–Trinajstić information content (AvgIpc) is 2.35. The van der Waals surface area contributed by atoms with Gasteiger partial charge in [-0.05, 0) is 64.4 Å². The molecule has 1 heterocycles. The van der Waals surface area contributed by atoms with Crippen LogP contribution in [0.2, 0.25) is 0 Å². The average molecular weight is 332 g/mol. The molecule has 0 bridgehead atoms. The lowest BCUT2D eigenvalue weighted by Crippen LogP contribution is -2.19. The lowest BCUT2D eigenvalue weighted by Gasteiger charge is -2.20. The summed E-state index contributed by atoms with van der Waals surface area (Å²) >= 11 is 5.03. The highest BCUT2D eigenvalue weighted by atomic mass is 79.9. The van der Waals surface area contributed by atoms with E-state index in [9.17, 15) is 9.18 Å². The maximum absolute atomic E-state index is 13.3. The van der Waals surface area contributed by atoms with Crippen LogP contribution in [0, 0.1) is 11.7 Å². The van der Waals surface area contributed by atoms with Gasteiger partial charge >= 0.3 is 0 Å². The summed E-state index contributed by atoms with van der Waals surface area (Å²) in [6.07, 6.45) is 2.75. The van der Waals surface area contributed by atoms with E-state index in [-0.39, 0.29) is 11.7 Å². The molecular weight excluding hydrogens is 317 g/mol. The van der Waals surface area contributed by atoms with Crippen LogP contribution in [-0.2, 0) is 4.79 Å². The molecule has 1 N–H and O–H groups in total. The first kappa shape index (κ1) is 13.9. The van der Waals surface area contributed by atoms with Crippen LogP contribution >= 0.6 is 27.7 Å². The Morgan fingerprint density at radius 1 is 1.44 bits per heavy atom. The van der Waals surface area contributed by atoms with E-state index in [4.69, 9.17) is 0 Å². The number of anilines is 1. The van der Waals surface area contributed by atoms with Gasteiger partial charge in [0.25, 0.3) is 0 Å². The van der Waals surface area contributed by atoms with Crippen molar-refractivity contribution in [2.45, 2.75) is 19.3 Å². The van der Waals surface area contributed by atoms with E-state index in [0.29, 0.717) is 22.5 Å².